The average molecular weight is 276 g/mol. The zero-order valence-electron chi connectivity index (χ0n) is 12.7. The lowest BCUT2D eigenvalue weighted by Crippen LogP contribution is -2.20. The molecule has 20 heavy (non-hydrogen) atoms. The number of anilines is 1. The minimum absolute atomic E-state index is 0.492. The van der Waals surface area contributed by atoms with Gasteiger partial charge in [0.15, 0.2) is 0 Å². The Kier molecular flexibility index (Phi) is 8.52. The number of carbonyl (C=O) groups is 1. The van der Waals surface area contributed by atoms with Gasteiger partial charge < -0.3 is 11.1 Å². The Bertz CT molecular complexity index is 390. The van der Waals surface area contributed by atoms with E-state index in [0.717, 1.165) is 12.1 Å². The summed E-state index contributed by atoms with van der Waals surface area (Å²) in [6, 6.07) is 7.40. The van der Waals surface area contributed by atoms with Gasteiger partial charge in [-0.1, -0.05) is 70.1 Å². The highest BCUT2D eigenvalue weighted by Gasteiger charge is 2.03. The third-order valence-electron chi connectivity index (χ3n) is 3.57. The van der Waals surface area contributed by atoms with E-state index in [1.165, 1.54) is 56.9 Å². The molecule has 3 N–H and O–H groups in total. The van der Waals surface area contributed by atoms with E-state index in [0.29, 0.717) is 0 Å². The number of unbranched alkanes of at least 4 members (excludes halogenated alkanes) is 7. The summed E-state index contributed by atoms with van der Waals surface area (Å²) in [4.78, 5) is 10.9. The SMILES string of the molecule is CCCCCCCCCCc1ccccc1NC(N)=O. The van der Waals surface area contributed by atoms with Gasteiger partial charge in [-0.05, 0) is 24.5 Å². The molecule has 1 rings (SSSR count). The smallest absolute Gasteiger partial charge is 0.316 e. The Morgan fingerprint density at radius 1 is 1.00 bits per heavy atom. The number of nitrogens with one attached hydrogen (secondary N) is 1. The van der Waals surface area contributed by atoms with Crippen LogP contribution >= 0.6 is 0 Å². The van der Waals surface area contributed by atoms with Gasteiger partial charge in [0.05, 0.1) is 0 Å². The second-order valence-electron chi connectivity index (χ2n) is 5.37. The molecule has 3 nitrogen and oxygen atoms in total. The summed E-state index contributed by atoms with van der Waals surface area (Å²) in [7, 11) is 0. The molecule has 2 amide bonds. The van der Waals surface area contributed by atoms with Gasteiger partial charge in [0, 0.05) is 5.69 Å². The predicted molar refractivity (Wildman–Crippen MR) is 86.0 cm³/mol. The maximum absolute atomic E-state index is 10.9. The van der Waals surface area contributed by atoms with Crippen LogP contribution in [0.5, 0.6) is 0 Å². The number of carbonyl (C=O) groups excluding carboxylic acids is 1. The molecule has 1 aromatic carbocycles. The van der Waals surface area contributed by atoms with Crippen LogP contribution in [-0.2, 0) is 6.42 Å². The summed E-state index contributed by atoms with van der Waals surface area (Å²) in [6.45, 7) is 2.25. The van der Waals surface area contributed by atoms with Gasteiger partial charge in [0.1, 0.15) is 0 Å². The van der Waals surface area contributed by atoms with Gasteiger partial charge in [0.2, 0.25) is 0 Å². The minimum Gasteiger partial charge on any atom is -0.351 e. The third-order valence-corrected chi connectivity index (χ3v) is 3.57. The van der Waals surface area contributed by atoms with Gasteiger partial charge in [-0.15, -0.1) is 0 Å². The van der Waals surface area contributed by atoms with Crippen LogP contribution in [0.4, 0.5) is 10.5 Å². The Morgan fingerprint density at radius 3 is 2.25 bits per heavy atom. The first-order valence-electron chi connectivity index (χ1n) is 7.88. The monoisotopic (exact) mass is 276 g/mol. The van der Waals surface area contributed by atoms with Gasteiger partial charge in [-0.25, -0.2) is 4.79 Å². The number of benzene rings is 1. The van der Waals surface area contributed by atoms with Gasteiger partial charge in [-0.3, -0.25) is 0 Å². The van der Waals surface area contributed by atoms with Crippen molar-refractivity contribution in [1.29, 1.82) is 0 Å². The molecule has 0 aromatic heterocycles. The summed E-state index contributed by atoms with van der Waals surface area (Å²) in [6.07, 6.45) is 11.5. The quantitative estimate of drug-likeness (QED) is 0.589. The van der Waals surface area contributed by atoms with Crippen LogP contribution in [0.3, 0.4) is 0 Å². The number of rotatable bonds is 10. The predicted octanol–water partition coefficient (Wildman–Crippen LogP) is 4.86. The molecular weight excluding hydrogens is 248 g/mol. The fourth-order valence-electron chi connectivity index (χ4n) is 2.44. The van der Waals surface area contributed by atoms with E-state index in [1.807, 2.05) is 18.2 Å². The molecule has 0 bridgehead atoms. The highest BCUT2D eigenvalue weighted by molar-refractivity contribution is 5.88. The maximum atomic E-state index is 10.9. The van der Waals surface area contributed by atoms with Crippen molar-refractivity contribution in [2.24, 2.45) is 5.73 Å². The van der Waals surface area contributed by atoms with Crippen LogP contribution in [0.1, 0.15) is 63.9 Å². The van der Waals surface area contributed by atoms with E-state index >= 15 is 0 Å². The van der Waals surface area contributed by atoms with E-state index in [1.54, 1.807) is 0 Å². The second-order valence-corrected chi connectivity index (χ2v) is 5.37. The Morgan fingerprint density at radius 2 is 1.60 bits per heavy atom. The largest absolute Gasteiger partial charge is 0.351 e. The van der Waals surface area contributed by atoms with E-state index in [9.17, 15) is 4.79 Å². The van der Waals surface area contributed by atoms with Crippen LogP contribution in [0.2, 0.25) is 0 Å². The minimum atomic E-state index is -0.492. The molecule has 0 heterocycles. The lowest BCUT2D eigenvalue weighted by atomic mass is 10.0. The van der Waals surface area contributed by atoms with Crippen molar-refractivity contribution in [3.05, 3.63) is 29.8 Å². The summed E-state index contributed by atoms with van der Waals surface area (Å²) in [5.41, 5.74) is 7.21. The van der Waals surface area contributed by atoms with Crippen molar-refractivity contribution < 1.29 is 4.79 Å². The molecule has 0 atom stereocenters. The van der Waals surface area contributed by atoms with Crippen molar-refractivity contribution in [3.8, 4) is 0 Å². The zero-order valence-corrected chi connectivity index (χ0v) is 12.7. The highest BCUT2D eigenvalue weighted by atomic mass is 16.2. The van der Waals surface area contributed by atoms with Crippen LogP contribution in [0, 0.1) is 0 Å². The molecule has 0 aliphatic rings. The fraction of sp³-hybridized carbons (Fsp3) is 0.588. The first kappa shape index (κ1) is 16.5. The van der Waals surface area contributed by atoms with Crippen molar-refractivity contribution in [2.75, 3.05) is 5.32 Å². The van der Waals surface area contributed by atoms with E-state index in [2.05, 4.69) is 18.3 Å². The molecule has 0 saturated heterocycles. The lowest BCUT2D eigenvalue weighted by molar-refractivity contribution is 0.259. The summed E-state index contributed by atoms with van der Waals surface area (Å²) in [5, 5.41) is 2.69. The summed E-state index contributed by atoms with van der Waals surface area (Å²) < 4.78 is 0. The summed E-state index contributed by atoms with van der Waals surface area (Å²) >= 11 is 0. The molecule has 0 aliphatic carbocycles. The molecule has 0 saturated carbocycles. The zero-order chi connectivity index (χ0) is 14.6. The van der Waals surface area contributed by atoms with E-state index < -0.39 is 6.03 Å². The maximum Gasteiger partial charge on any atom is 0.316 e. The van der Waals surface area contributed by atoms with Crippen LogP contribution in [-0.4, -0.2) is 6.03 Å². The molecule has 0 spiro atoms. The number of para-hydroxylation sites is 1. The van der Waals surface area contributed by atoms with Gasteiger partial charge >= 0.3 is 6.03 Å². The molecule has 112 valence electrons. The van der Waals surface area contributed by atoms with Crippen LogP contribution < -0.4 is 11.1 Å². The normalized spacial score (nSPS) is 10.4. The Hall–Kier alpha value is -1.51. The van der Waals surface area contributed by atoms with Crippen molar-refractivity contribution >= 4 is 11.7 Å². The highest BCUT2D eigenvalue weighted by Crippen LogP contribution is 2.18. The van der Waals surface area contributed by atoms with Gasteiger partial charge in [-0.2, -0.15) is 0 Å². The van der Waals surface area contributed by atoms with E-state index in [-0.39, 0.29) is 0 Å². The Labute approximate surface area is 122 Å². The number of aryl methyl sites for hydroxylation is 1. The van der Waals surface area contributed by atoms with Crippen molar-refractivity contribution in [2.45, 2.75) is 64.7 Å². The van der Waals surface area contributed by atoms with E-state index in [4.69, 9.17) is 5.73 Å². The lowest BCUT2D eigenvalue weighted by Gasteiger charge is -2.09. The average Bonchev–Trinajstić information content (AvgIpc) is 2.43. The van der Waals surface area contributed by atoms with Gasteiger partial charge in [0.25, 0.3) is 0 Å². The molecule has 0 aliphatic heterocycles. The number of primary amides is 1. The molecular formula is C17H28N2O. The molecule has 0 radical (unpaired) electrons. The van der Waals surface area contributed by atoms with Crippen LogP contribution in [0.25, 0.3) is 0 Å². The number of urea groups is 1. The second kappa shape index (κ2) is 10.3. The number of hydrogen-bond acceptors (Lipinski definition) is 1. The Balaban J connectivity index is 2.20. The first-order valence-corrected chi connectivity index (χ1v) is 7.88. The third kappa shape index (κ3) is 7.17. The number of nitrogens with two attached hydrogens (primary N) is 1. The molecule has 0 fully saturated rings. The topological polar surface area (TPSA) is 55.1 Å². The number of amides is 2. The number of hydrogen-bond donors (Lipinski definition) is 2. The standard InChI is InChI=1S/C17H28N2O/c1-2-3-4-5-6-7-8-9-12-15-13-10-11-14-16(15)19-17(18)20/h10-11,13-14H,2-9,12H2,1H3,(H3,18,19,20). The summed E-state index contributed by atoms with van der Waals surface area (Å²) in [5.74, 6) is 0. The molecule has 3 heteroatoms. The fourth-order valence-corrected chi connectivity index (χ4v) is 2.44. The first-order chi connectivity index (χ1) is 9.74. The van der Waals surface area contributed by atoms with Crippen molar-refractivity contribution in [3.63, 3.8) is 0 Å². The molecule has 0 unspecified atom stereocenters. The molecule has 1 aromatic rings. The van der Waals surface area contributed by atoms with Crippen LogP contribution in [0.15, 0.2) is 24.3 Å². The van der Waals surface area contributed by atoms with Crippen molar-refractivity contribution in [1.82, 2.24) is 0 Å².